The van der Waals surface area contributed by atoms with Gasteiger partial charge in [-0.05, 0) is 17.7 Å². The van der Waals surface area contributed by atoms with Crippen LogP contribution in [-0.2, 0) is 11.8 Å². The van der Waals surface area contributed by atoms with Crippen LogP contribution in [0.3, 0.4) is 0 Å². The van der Waals surface area contributed by atoms with E-state index in [0.717, 1.165) is 16.9 Å². The van der Waals surface area contributed by atoms with Gasteiger partial charge in [0, 0.05) is 24.9 Å². The fourth-order valence-corrected chi connectivity index (χ4v) is 2.43. The first-order chi connectivity index (χ1) is 9.19. The van der Waals surface area contributed by atoms with Gasteiger partial charge in [0.15, 0.2) is 0 Å². The summed E-state index contributed by atoms with van der Waals surface area (Å²) >= 11 is 0. The van der Waals surface area contributed by atoms with E-state index in [4.69, 9.17) is 5.26 Å². The average molecular weight is 252 g/mol. The molecule has 0 saturated heterocycles. The summed E-state index contributed by atoms with van der Waals surface area (Å²) in [5.41, 5.74) is 2.67. The van der Waals surface area contributed by atoms with E-state index in [-0.39, 0.29) is 11.8 Å². The molecule has 0 saturated carbocycles. The zero-order chi connectivity index (χ0) is 13.4. The first kappa shape index (κ1) is 11.5. The second-order valence-corrected chi connectivity index (χ2v) is 4.61. The van der Waals surface area contributed by atoms with Crippen molar-refractivity contribution >= 4 is 11.7 Å². The summed E-state index contributed by atoms with van der Waals surface area (Å²) in [4.78, 5) is 11.8. The topological polar surface area (TPSA) is 70.7 Å². The monoisotopic (exact) mass is 252 g/mol. The molecule has 0 radical (unpaired) electrons. The van der Waals surface area contributed by atoms with Gasteiger partial charge in [-0.2, -0.15) is 10.4 Å². The molecule has 1 atom stereocenters. The number of benzene rings is 1. The van der Waals surface area contributed by atoms with Crippen LogP contribution >= 0.6 is 0 Å². The standard InChI is InChI=1S/C14H12N4O/c1-18-14-12(8-16-18)11(6-13(19)17-14)10-4-2-9(7-15)3-5-10/h2-5,8,11H,6H2,1H3,(H,17,19)/t11-/m1/s1. The molecule has 1 aromatic carbocycles. The van der Waals surface area contributed by atoms with Crippen molar-refractivity contribution in [3.05, 3.63) is 47.2 Å². The fraction of sp³-hybridized carbons (Fsp3) is 0.214. The van der Waals surface area contributed by atoms with Crippen molar-refractivity contribution in [2.45, 2.75) is 12.3 Å². The number of aromatic nitrogens is 2. The van der Waals surface area contributed by atoms with E-state index in [1.807, 2.05) is 12.1 Å². The molecule has 0 spiro atoms. The highest BCUT2D eigenvalue weighted by atomic mass is 16.1. The molecule has 1 amide bonds. The van der Waals surface area contributed by atoms with Crippen molar-refractivity contribution in [3.8, 4) is 6.07 Å². The average Bonchev–Trinajstić information content (AvgIpc) is 2.80. The van der Waals surface area contributed by atoms with E-state index in [1.54, 1.807) is 30.1 Å². The second kappa shape index (κ2) is 4.25. The number of hydrogen-bond donors (Lipinski definition) is 1. The Kier molecular flexibility index (Phi) is 2.57. The Labute approximate surface area is 110 Å². The van der Waals surface area contributed by atoms with Gasteiger partial charge in [-0.25, -0.2) is 0 Å². The van der Waals surface area contributed by atoms with Gasteiger partial charge < -0.3 is 5.32 Å². The quantitative estimate of drug-likeness (QED) is 0.840. The number of anilines is 1. The van der Waals surface area contributed by atoms with E-state index in [0.29, 0.717) is 12.0 Å². The van der Waals surface area contributed by atoms with E-state index in [1.165, 1.54) is 0 Å². The second-order valence-electron chi connectivity index (χ2n) is 4.61. The molecule has 5 heteroatoms. The lowest BCUT2D eigenvalue weighted by atomic mass is 9.87. The van der Waals surface area contributed by atoms with Gasteiger partial charge in [0.05, 0.1) is 17.8 Å². The fourth-order valence-electron chi connectivity index (χ4n) is 2.43. The highest BCUT2D eigenvalue weighted by Crippen LogP contribution is 2.36. The summed E-state index contributed by atoms with van der Waals surface area (Å²) in [7, 11) is 1.81. The third kappa shape index (κ3) is 1.87. The first-order valence-corrected chi connectivity index (χ1v) is 6.01. The first-order valence-electron chi connectivity index (χ1n) is 6.01. The molecule has 2 heterocycles. The van der Waals surface area contributed by atoms with Crippen molar-refractivity contribution < 1.29 is 4.79 Å². The molecule has 0 aliphatic carbocycles. The molecule has 3 rings (SSSR count). The Bertz CT molecular complexity index is 678. The summed E-state index contributed by atoms with van der Waals surface area (Å²) in [5, 5.41) is 15.8. The van der Waals surface area contributed by atoms with Crippen LogP contribution in [0.25, 0.3) is 0 Å². The summed E-state index contributed by atoms with van der Waals surface area (Å²) in [6, 6.07) is 9.45. The number of nitrogens with one attached hydrogen (secondary N) is 1. The van der Waals surface area contributed by atoms with Crippen LogP contribution in [-0.4, -0.2) is 15.7 Å². The number of nitriles is 1. The highest BCUT2D eigenvalue weighted by molar-refractivity contribution is 5.94. The van der Waals surface area contributed by atoms with Gasteiger partial charge in [0.1, 0.15) is 5.82 Å². The Morgan fingerprint density at radius 3 is 2.84 bits per heavy atom. The van der Waals surface area contributed by atoms with Crippen molar-refractivity contribution in [2.75, 3.05) is 5.32 Å². The molecule has 94 valence electrons. The molecule has 1 aromatic heterocycles. The summed E-state index contributed by atoms with van der Waals surface area (Å²) in [6.45, 7) is 0. The number of aryl methyl sites for hydroxylation is 1. The van der Waals surface area contributed by atoms with Crippen LogP contribution in [0, 0.1) is 11.3 Å². The molecule has 19 heavy (non-hydrogen) atoms. The van der Waals surface area contributed by atoms with Crippen LogP contribution in [0.5, 0.6) is 0 Å². The number of nitrogens with zero attached hydrogens (tertiary/aromatic N) is 3. The van der Waals surface area contributed by atoms with Gasteiger partial charge in [0.2, 0.25) is 5.91 Å². The molecular weight excluding hydrogens is 240 g/mol. The van der Waals surface area contributed by atoms with Gasteiger partial charge >= 0.3 is 0 Å². The van der Waals surface area contributed by atoms with Gasteiger partial charge in [-0.15, -0.1) is 0 Å². The van der Waals surface area contributed by atoms with Gasteiger partial charge in [-0.1, -0.05) is 12.1 Å². The minimum Gasteiger partial charge on any atom is -0.311 e. The Morgan fingerprint density at radius 2 is 2.16 bits per heavy atom. The summed E-state index contributed by atoms with van der Waals surface area (Å²) in [6.07, 6.45) is 2.20. The SMILES string of the molecule is Cn1ncc2c1NC(=O)C[C@@H]2c1ccc(C#N)cc1. The number of carbonyl (C=O) groups is 1. The zero-order valence-corrected chi connectivity index (χ0v) is 10.4. The molecule has 5 nitrogen and oxygen atoms in total. The van der Waals surface area contributed by atoms with Crippen LogP contribution in [0.4, 0.5) is 5.82 Å². The lowest BCUT2D eigenvalue weighted by Crippen LogP contribution is -2.24. The van der Waals surface area contributed by atoms with Gasteiger partial charge in [0.25, 0.3) is 0 Å². The zero-order valence-electron chi connectivity index (χ0n) is 10.4. The maximum absolute atomic E-state index is 11.8. The Hall–Kier alpha value is -2.61. The van der Waals surface area contributed by atoms with E-state index >= 15 is 0 Å². The van der Waals surface area contributed by atoms with E-state index in [9.17, 15) is 4.79 Å². The highest BCUT2D eigenvalue weighted by Gasteiger charge is 2.29. The number of fused-ring (bicyclic) bond motifs is 1. The number of amides is 1. The van der Waals surface area contributed by atoms with Crippen LogP contribution < -0.4 is 5.32 Å². The maximum atomic E-state index is 11.8. The van der Waals surface area contributed by atoms with Gasteiger partial charge in [-0.3, -0.25) is 9.48 Å². The van der Waals surface area contributed by atoms with Crippen molar-refractivity contribution in [1.29, 1.82) is 5.26 Å². The van der Waals surface area contributed by atoms with Crippen molar-refractivity contribution in [1.82, 2.24) is 9.78 Å². The molecule has 1 N–H and O–H groups in total. The predicted octanol–water partition coefficient (Wildman–Crippen LogP) is 1.77. The Balaban J connectivity index is 2.05. The Morgan fingerprint density at radius 1 is 1.42 bits per heavy atom. The van der Waals surface area contributed by atoms with Crippen molar-refractivity contribution in [3.63, 3.8) is 0 Å². The third-order valence-electron chi connectivity index (χ3n) is 3.43. The minimum atomic E-state index is -0.00883. The number of rotatable bonds is 1. The lowest BCUT2D eigenvalue weighted by Gasteiger charge is -2.23. The molecule has 0 bridgehead atoms. The van der Waals surface area contributed by atoms with E-state index < -0.39 is 0 Å². The molecule has 1 aliphatic rings. The van der Waals surface area contributed by atoms with Crippen molar-refractivity contribution in [2.24, 2.45) is 7.05 Å². The largest absolute Gasteiger partial charge is 0.311 e. The van der Waals surface area contributed by atoms with Crippen LogP contribution in [0.15, 0.2) is 30.5 Å². The molecule has 2 aromatic rings. The third-order valence-corrected chi connectivity index (χ3v) is 3.43. The predicted molar refractivity (Wildman–Crippen MR) is 69.5 cm³/mol. The normalized spacial score (nSPS) is 17.5. The lowest BCUT2D eigenvalue weighted by molar-refractivity contribution is -0.116. The molecule has 0 unspecified atom stereocenters. The number of hydrogen-bond acceptors (Lipinski definition) is 3. The molecular formula is C14H12N4O. The smallest absolute Gasteiger partial charge is 0.226 e. The molecule has 1 aliphatic heterocycles. The van der Waals surface area contributed by atoms with Crippen LogP contribution in [0.2, 0.25) is 0 Å². The summed E-state index contributed by atoms with van der Waals surface area (Å²) < 4.78 is 1.67. The number of carbonyl (C=O) groups excluding carboxylic acids is 1. The molecule has 0 fully saturated rings. The summed E-state index contributed by atoms with van der Waals surface area (Å²) in [5.74, 6) is 0.751. The van der Waals surface area contributed by atoms with E-state index in [2.05, 4.69) is 16.5 Å². The van der Waals surface area contributed by atoms with Crippen LogP contribution in [0.1, 0.15) is 29.0 Å². The maximum Gasteiger partial charge on any atom is 0.226 e. The minimum absolute atomic E-state index is 0.00481.